The number of halogens is 2. The minimum atomic E-state index is -0.250. The molecule has 1 heterocycles. The van der Waals surface area contributed by atoms with Gasteiger partial charge in [-0.15, -0.1) is 11.3 Å². The molecule has 94 valence electrons. The van der Waals surface area contributed by atoms with Crippen molar-refractivity contribution in [1.82, 2.24) is 4.98 Å². The van der Waals surface area contributed by atoms with E-state index < -0.39 is 0 Å². The molecule has 1 aliphatic carbocycles. The number of nitrogens with two attached hydrogens (primary N) is 1. The Morgan fingerprint density at radius 2 is 2.17 bits per heavy atom. The predicted octanol–water partition coefficient (Wildman–Crippen LogP) is 3.97. The number of nitrogens with zero attached hydrogens (tertiary/aromatic N) is 1. The summed E-state index contributed by atoms with van der Waals surface area (Å²) >= 11 is 4.86. The molecule has 1 fully saturated rings. The van der Waals surface area contributed by atoms with Crippen LogP contribution in [0.15, 0.2) is 22.7 Å². The second kappa shape index (κ2) is 4.11. The molecule has 2 nitrogen and oxygen atoms in total. The molecule has 0 bridgehead atoms. The van der Waals surface area contributed by atoms with Crippen LogP contribution in [-0.2, 0) is 5.54 Å². The third-order valence-corrected chi connectivity index (χ3v) is 5.10. The molecule has 2 N–H and O–H groups in total. The van der Waals surface area contributed by atoms with Crippen LogP contribution in [0.1, 0.15) is 23.4 Å². The second-order valence-electron chi connectivity index (χ2n) is 4.71. The number of hydrogen-bond acceptors (Lipinski definition) is 3. The molecular weight excluding hydrogens is 315 g/mol. The lowest BCUT2D eigenvalue weighted by Gasteiger charge is -2.04. The molecule has 1 saturated carbocycles. The molecule has 0 radical (unpaired) electrons. The van der Waals surface area contributed by atoms with E-state index in [4.69, 9.17) is 5.73 Å². The Morgan fingerprint density at radius 3 is 2.83 bits per heavy atom. The molecule has 0 spiro atoms. The van der Waals surface area contributed by atoms with Crippen molar-refractivity contribution in [2.45, 2.75) is 25.3 Å². The summed E-state index contributed by atoms with van der Waals surface area (Å²) < 4.78 is 14.7. The van der Waals surface area contributed by atoms with Crippen LogP contribution in [0.4, 0.5) is 4.39 Å². The van der Waals surface area contributed by atoms with E-state index in [9.17, 15) is 4.39 Å². The van der Waals surface area contributed by atoms with Crippen molar-refractivity contribution in [3.05, 3.63) is 39.1 Å². The lowest BCUT2D eigenvalue weighted by molar-refractivity contribution is 0.631. The first kappa shape index (κ1) is 12.3. The molecule has 0 aliphatic heterocycles. The summed E-state index contributed by atoms with van der Waals surface area (Å²) in [4.78, 5) is 5.56. The van der Waals surface area contributed by atoms with Crippen LogP contribution >= 0.6 is 27.3 Å². The van der Waals surface area contributed by atoms with Gasteiger partial charge in [0.05, 0.1) is 11.2 Å². The highest BCUT2D eigenvalue weighted by molar-refractivity contribution is 9.10. The van der Waals surface area contributed by atoms with Gasteiger partial charge in [0.2, 0.25) is 0 Å². The highest BCUT2D eigenvalue weighted by atomic mass is 79.9. The summed E-state index contributed by atoms with van der Waals surface area (Å²) in [6.07, 6.45) is 1.99. The number of thiazole rings is 1. The minimum absolute atomic E-state index is 0.206. The maximum absolute atomic E-state index is 13.8. The molecule has 18 heavy (non-hydrogen) atoms. The first-order valence-electron chi connectivity index (χ1n) is 5.72. The fourth-order valence-electron chi connectivity index (χ4n) is 2.00. The van der Waals surface area contributed by atoms with Crippen LogP contribution in [0.2, 0.25) is 0 Å². The van der Waals surface area contributed by atoms with E-state index >= 15 is 0 Å². The van der Waals surface area contributed by atoms with E-state index in [1.165, 1.54) is 17.4 Å². The molecule has 0 saturated heterocycles. The maximum atomic E-state index is 13.8. The van der Waals surface area contributed by atoms with Crippen LogP contribution in [0, 0.1) is 12.7 Å². The van der Waals surface area contributed by atoms with Gasteiger partial charge in [-0.25, -0.2) is 9.37 Å². The predicted molar refractivity (Wildman–Crippen MR) is 75.0 cm³/mol. The quantitative estimate of drug-likeness (QED) is 0.906. The minimum Gasteiger partial charge on any atom is -0.321 e. The van der Waals surface area contributed by atoms with E-state index in [2.05, 4.69) is 20.9 Å². The van der Waals surface area contributed by atoms with Crippen molar-refractivity contribution in [1.29, 1.82) is 0 Å². The van der Waals surface area contributed by atoms with Gasteiger partial charge in [-0.3, -0.25) is 0 Å². The van der Waals surface area contributed by atoms with Crippen molar-refractivity contribution < 1.29 is 4.39 Å². The third-order valence-electron chi connectivity index (χ3n) is 3.20. The molecular formula is C13H12BrFN2S. The molecule has 0 unspecified atom stereocenters. The Bertz CT molecular complexity index is 619. The number of benzene rings is 1. The number of aryl methyl sites for hydroxylation is 1. The lowest BCUT2D eigenvalue weighted by atomic mass is 10.2. The van der Waals surface area contributed by atoms with Gasteiger partial charge in [0.25, 0.3) is 0 Å². The monoisotopic (exact) mass is 326 g/mol. The normalized spacial score (nSPS) is 16.9. The standard InChI is InChI=1S/C13H12BrFN2S/c1-7-11(13(16)4-5-13)18-12(17-7)9-6-8(14)2-3-10(9)15/h2-3,6H,4-5,16H2,1H3. The molecule has 1 aromatic heterocycles. The summed E-state index contributed by atoms with van der Waals surface area (Å²) in [7, 11) is 0. The number of rotatable bonds is 2. The molecule has 3 rings (SSSR count). The van der Waals surface area contributed by atoms with Crippen LogP contribution in [0.25, 0.3) is 10.6 Å². The summed E-state index contributed by atoms with van der Waals surface area (Å²) in [5.74, 6) is -0.250. The SMILES string of the molecule is Cc1nc(-c2cc(Br)ccc2F)sc1C1(N)CC1. The van der Waals surface area contributed by atoms with Gasteiger partial charge in [0, 0.05) is 14.9 Å². The fourth-order valence-corrected chi connectivity index (χ4v) is 3.60. The number of hydrogen-bond donors (Lipinski definition) is 1. The largest absolute Gasteiger partial charge is 0.321 e. The van der Waals surface area contributed by atoms with E-state index in [-0.39, 0.29) is 11.4 Å². The fraction of sp³-hybridized carbons (Fsp3) is 0.308. The molecule has 5 heteroatoms. The molecule has 2 aromatic rings. The summed E-state index contributed by atoms with van der Waals surface area (Å²) in [5, 5.41) is 0.707. The molecule has 1 aliphatic rings. The Labute approximate surface area is 117 Å². The molecule has 1 aromatic carbocycles. The van der Waals surface area contributed by atoms with Crippen molar-refractivity contribution in [3.63, 3.8) is 0 Å². The zero-order chi connectivity index (χ0) is 12.9. The average molecular weight is 327 g/mol. The first-order valence-corrected chi connectivity index (χ1v) is 7.33. The van der Waals surface area contributed by atoms with Gasteiger partial charge < -0.3 is 5.73 Å². The molecule has 0 amide bonds. The second-order valence-corrected chi connectivity index (χ2v) is 6.63. The van der Waals surface area contributed by atoms with Gasteiger partial charge in [-0.1, -0.05) is 15.9 Å². The maximum Gasteiger partial charge on any atom is 0.133 e. The van der Waals surface area contributed by atoms with E-state index in [0.717, 1.165) is 27.9 Å². The Morgan fingerprint density at radius 1 is 1.44 bits per heavy atom. The summed E-state index contributed by atoms with van der Waals surface area (Å²) in [6, 6.07) is 4.89. The third kappa shape index (κ3) is 2.00. The summed E-state index contributed by atoms with van der Waals surface area (Å²) in [6.45, 7) is 1.94. The van der Waals surface area contributed by atoms with Gasteiger partial charge >= 0.3 is 0 Å². The average Bonchev–Trinajstić information content (AvgIpc) is 2.94. The van der Waals surface area contributed by atoms with Gasteiger partial charge in [-0.2, -0.15) is 0 Å². The van der Waals surface area contributed by atoms with E-state index in [0.29, 0.717) is 10.6 Å². The van der Waals surface area contributed by atoms with Crippen molar-refractivity contribution in [2.24, 2.45) is 5.73 Å². The first-order chi connectivity index (χ1) is 8.49. The highest BCUT2D eigenvalue weighted by Crippen LogP contribution is 2.48. The van der Waals surface area contributed by atoms with Crippen molar-refractivity contribution >= 4 is 27.3 Å². The van der Waals surface area contributed by atoms with Crippen LogP contribution in [0.3, 0.4) is 0 Å². The van der Waals surface area contributed by atoms with Crippen LogP contribution in [-0.4, -0.2) is 4.98 Å². The van der Waals surface area contributed by atoms with Gasteiger partial charge in [0.15, 0.2) is 0 Å². The zero-order valence-corrected chi connectivity index (χ0v) is 12.2. The van der Waals surface area contributed by atoms with Crippen LogP contribution < -0.4 is 5.73 Å². The van der Waals surface area contributed by atoms with Crippen LogP contribution in [0.5, 0.6) is 0 Å². The summed E-state index contributed by atoms with van der Waals surface area (Å²) in [5.41, 5.74) is 7.45. The topological polar surface area (TPSA) is 38.9 Å². The van der Waals surface area contributed by atoms with Crippen molar-refractivity contribution in [2.75, 3.05) is 0 Å². The van der Waals surface area contributed by atoms with E-state index in [1.807, 2.05) is 6.92 Å². The Hall–Kier alpha value is -0.780. The number of aromatic nitrogens is 1. The highest BCUT2D eigenvalue weighted by Gasteiger charge is 2.43. The lowest BCUT2D eigenvalue weighted by Crippen LogP contribution is -2.18. The zero-order valence-electron chi connectivity index (χ0n) is 9.84. The van der Waals surface area contributed by atoms with Gasteiger partial charge in [0.1, 0.15) is 10.8 Å². The van der Waals surface area contributed by atoms with Gasteiger partial charge in [-0.05, 0) is 38.0 Å². The van der Waals surface area contributed by atoms with Crippen molar-refractivity contribution in [3.8, 4) is 10.6 Å². The van der Waals surface area contributed by atoms with E-state index in [1.54, 1.807) is 12.1 Å². The smallest absolute Gasteiger partial charge is 0.133 e. The Balaban J connectivity index is 2.10. The molecule has 0 atom stereocenters. The Kier molecular flexibility index (Phi) is 2.80.